The van der Waals surface area contributed by atoms with Gasteiger partial charge in [0, 0.05) is 12.5 Å². The Morgan fingerprint density at radius 1 is 1.33 bits per heavy atom. The van der Waals surface area contributed by atoms with E-state index >= 15 is 0 Å². The summed E-state index contributed by atoms with van der Waals surface area (Å²) in [6.45, 7) is 0. The van der Waals surface area contributed by atoms with Crippen LogP contribution in [-0.2, 0) is 14.4 Å². The maximum Gasteiger partial charge on any atom is 0.171 e. The van der Waals surface area contributed by atoms with Crippen LogP contribution in [0.1, 0.15) is 6.42 Å². The van der Waals surface area contributed by atoms with E-state index in [1.807, 2.05) is 0 Å². The molecular weight excluding hydrogens is 120 g/mol. The van der Waals surface area contributed by atoms with Crippen molar-refractivity contribution in [3.05, 3.63) is 12.2 Å². The molecule has 3 heteroatoms. The number of allylic oxidation sites excluding steroid dienone is 2. The largest absolute Gasteiger partial charge is 0.294 e. The van der Waals surface area contributed by atoms with Gasteiger partial charge >= 0.3 is 0 Å². The first-order valence-electron chi connectivity index (χ1n) is 2.24. The van der Waals surface area contributed by atoms with Crippen LogP contribution in [-0.4, -0.2) is 17.7 Å². The van der Waals surface area contributed by atoms with Crippen LogP contribution in [0, 0.1) is 0 Å². The fraction of sp³-hybridized carbons (Fsp3) is 0.167. The number of carbonyl (C=O) groups is 1. The van der Waals surface area contributed by atoms with Crippen LogP contribution in [0.15, 0.2) is 12.2 Å². The normalized spacial score (nSPS) is 6.67. The van der Waals surface area contributed by atoms with Crippen molar-refractivity contribution in [1.29, 1.82) is 0 Å². The Balaban J connectivity index is 3.77. The number of ketones is 1. The Hall–Kier alpha value is -1.43. The first-order valence-corrected chi connectivity index (χ1v) is 2.24. The highest BCUT2D eigenvalue weighted by atomic mass is 16.1. The Bertz CT molecular complexity index is 192. The van der Waals surface area contributed by atoms with Crippen LogP contribution < -0.4 is 0 Å². The first-order chi connectivity index (χ1) is 4.31. The molecule has 0 spiro atoms. The van der Waals surface area contributed by atoms with Gasteiger partial charge < -0.3 is 0 Å². The smallest absolute Gasteiger partial charge is 0.171 e. The topological polar surface area (TPSA) is 51.2 Å². The van der Waals surface area contributed by atoms with Gasteiger partial charge in [0.2, 0.25) is 0 Å². The van der Waals surface area contributed by atoms with Crippen molar-refractivity contribution in [2.75, 3.05) is 0 Å². The second-order valence-corrected chi connectivity index (χ2v) is 1.25. The van der Waals surface area contributed by atoms with E-state index in [9.17, 15) is 14.4 Å². The number of carbonyl (C=O) groups excluding carboxylic acids is 3. The zero-order valence-corrected chi connectivity index (χ0v) is 4.59. The standard InChI is InChI=1S/C6H4O3/c7-4-1-2-6(9)3-5-8/h1,3H,2H2. The van der Waals surface area contributed by atoms with Crippen LogP contribution in [0.5, 0.6) is 0 Å². The van der Waals surface area contributed by atoms with Gasteiger partial charge in [0.15, 0.2) is 5.78 Å². The van der Waals surface area contributed by atoms with Gasteiger partial charge in [-0.25, -0.2) is 9.59 Å². The minimum Gasteiger partial charge on any atom is -0.294 e. The van der Waals surface area contributed by atoms with E-state index in [-0.39, 0.29) is 6.42 Å². The van der Waals surface area contributed by atoms with Gasteiger partial charge in [0.25, 0.3) is 0 Å². The quantitative estimate of drug-likeness (QED) is 0.384. The molecule has 0 aliphatic heterocycles. The van der Waals surface area contributed by atoms with Crippen molar-refractivity contribution in [1.82, 2.24) is 0 Å². The van der Waals surface area contributed by atoms with Crippen LogP contribution >= 0.6 is 0 Å². The zero-order chi connectivity index (χ0) is 7.11. The monoisotopic (exact) mass is 124 g/mol. The van der Waals surface area contributed by atoms with Crippen LogP contribution in [0.3, 0.4) is 0 Å². The second-order valence-electron chi connectivity index (χ2n) is 1.25. The summed E-state index contributed by atoms with van der Waals surface area (Å²) in [5, 5.41) is 0. The molecule has 0 aliphatic rings. The Morgan fingerprint density at radius 3 is 2.44 bits per heavy atom. The molecule has 3 nitrogen and oxygen atoms in total. The summed E-state index contributed by atoms with van der Waals surface area (Å²) in [6.07, 6.45) is 1.68. The van der Waals surface area contributed by atoms with Crippen molar-refractivity contribution in [3.8, 4) is 0 Å². The Morgan fingerprint density at radius 2 is 2.00 bits per heavy atom. The van der Waals surface area contributed by atoms with Gasteiger partial charge in [-0.3, -0.25) is 4.79 Å². The summed E-state index contributed by atoms with van der Waals surface area (Å²) < 4.78 is 0. The van der Waals surface area contributed by atoms with Crippen LogP contribution in [0.2, 0.25) is 0 Å². The molecule has 9 heavy (non-hydrogen) atoms. The number of hydrogen-bond donors (Lipinski definition) is 0. The molecule has 0 fully saturated rings. The summed E-state index contributed by atoms with van der Waals surface area (Å²) in [5.74, 6) is 2.28. The molecule has 0 atom stereocenters. The molecule has 0 bridgehead atoms. The predicted octanol–water partition coefficient (Wildman–Crippen LogP) is -0.279. The minimum absolute atomic E-state index is 0.0707. The number of rotatable bonds is 3. The van der Waals surface area contributed by atoms with Gasteiger partial charge in [-0.1, -0.05) is 0 Å². The van der Waals surface area contributed by atoms with E-state index in [0.29, 0.717) is 0 Å². The second kappa shape index (κ2) is 4.72. The van der Waals surface area contributed by atoms with Crippen molar-refractivity contribution >= 4 is 17.7 Å². The maximum absolute atomic E-state index is 10.3. The summed E-state index contributed by atoms with van der Waals surface area (Å²) >= 11 is 0. The summed E-state index contributed by atoms with van der Waals surface area (Å²) in [6, 6.07) is 0. The average Bonchev–Trinajstić information content (AvgIpc) is 1.85. The van der Waals surface area contributed by atoms with E-state index in [1.165, 1.54) is 11.9 Å². The first kappa shape index (κ1) is 7.57. The number of hydrogen-bond acceptors (Lipinski definition) is 3. The van der Waals surface area contributed by atoms with Crippen LogP contribution in [0.4, 0.5) is 0 Å². The zero-order valence-electron chi connectivity index (χ0n) is 4.59. The van der Waals surface area contributed by atoms with Gasteiger partial charge in [-0.2, -0.15) is 0 Å². The van der Waals surface area contributed by atoms with Gasteiger partial charge in [0.05, 0.1) is 6.08 Å². The van der Waals surface area contributed by atoms with Crippen molar-refractivity contribution in [3.63, 3.8) is 0 Å². The lowest BCUT2D eigenvalue weighted by molar-refractivity contribution is -0.113. The third-order valence-electron chi connectivity index (χ3n) is 0.606. The molecular formula is C6H4O3. The molecule has 0 saturated heterocycles. The molecule has 0 aromatic rings. The SMILES string of the molecule is O=C=CCC(=O)C=C=O. The third kappa shape index (κ3) is 4.42. The minimum atomic E-state index is -0.437. The lowest BCUT2D eigenvalue weighted by atomic mass is 10.3. The van der Waals surface area contributed by atoms with Gasteiger partial charge in [0.1, 0.15) is 11.9 Å². The predicted molar refractivity (Wildman–Crippen MR) is 30.2 cm³/mol. The van der Waals surface area contributed by atoms with E-state index in [2.05, 4.69) is 0 Å². The average molecular weight is 124 g/mol. The van der Waals surface area contributed by atoms with Gasteiger partial charge in [-0.05, 0) is 0 Å². The lowest BCUT2D eigenvalue weighted by Crippen LogP contribution is -1.88. The Kier molecular flexibility index (Phi) is 3.97. The van der Waals surface area contributed by atoms with Crippen LogP contribution in [0.25, 0.3) is 0 Å². The molecule has 0 amide bonds. The van der Waals surface area contributed by atoms with Gasteiger partial charge in [-0.15, -0.1) is 0 Å². The fourth-order valence-electron chi connectivity index (χ4n) is 0.267. The molecule has 0 rings (SSSR count). The molecule has 0 aromatic carbocycles. The Labute approximate surface area is 51.7 Å². The van der Waals surface area contributed by atoms with E-state index in [4.69, 9.17) is 0 Å². The lowest BCUT2D eigenvalue weighted by Gasteiger charge is -1.75. The molecule has 0 radical (unpaired) electrons. The van der Waals surface area contributed by atoms with Crippen molar-refractivity contribution < 1.29 is 14.4 Å². The molecule has 46 valence electrons. The van der Waals surface area contributed by atoms with E-state index in [0.717, 1.165) is 12.2 Å². The summed E-state index contributed by atoms with van der Waals surface area (Å²) in [7, 11) is 0. The van der Waals surface area contributed by atoms with Crippen molar-refractivity contribution in [2.45, 2.75) is 6.42 Å². The molecule has 0 heterocycles. The van der Waals surface area contributed by atoms with Crippen molar-refractivity contribution in [2.24, 2.45) is 0 Å². The maximum atomic E-state index is 10.3. The molecule has 0 aliphatic carbocycles. The molecule has 0 N–H and O–H groups in total. The van der Waals surface area contributed by atoms with E-state index < -0.39 is 5.78 Å². The summed E-state index contributed by atoms with van der Waals surface area (Å²) in [5.41, 5.74) is 0. The summed E-state index contributed by atoms with van der Waals surface area (Å²) in [4.78, 5) is 29.2. The third-order valence-corrected chi connectivity index (χ3v) is 0.606. The highest BCUT2D eigenvalue weighted by molar-refractivity contribution is 5.97. The molecule has 0 saturated carbocycles. The molecule has 0 aromatic heterocycles. The highest BCUT2D eigenvalue weighted by Crippen LogP contribution is 1.80. The fourth-order valence-corrected chi connectivity index (χ4v) is 0.267. The molecule has 0 unspecified atom stereocenters. The van der Waals surface area contributed by atoms with E-state index in [1.54, 1.807) is 0 Å². The highest BCUT2D eigenvalue weighted by Gasteiger charge is 1.90.